The van der Waals surface area contributed by atoms with Gasteiger partial charge in [0.05, 0.1) is 11.5 Å². The van der Waals surface area contributed by atoms with Crippen LogP contribution in [0.4, 0.5) is 0 Å². The second-order valence-electron chi connectivity index (χ2n) is 5.67. The van der Waals surface area contributed by atoms with Gasteiger partial charge in [-0.3, -0.25) is 9.59 Å². The lowest BCUT2D eigenvalue weighted by molar-refractivity contribution is -0.136. The van der Waals surface area contributed by atoms with Crippen LogP contribution < -0.4 is 0 Å². The van der Waals surface area contributed by atoms with E-state index in [0.717, 1.165) is 0 Å². The summed E-state index contributed by atoms with van der Waals surface area (Å²) >= 11 is 0. The van der Waals surface area contributed by atoms with Crippen molar-refractivity contribution >= 4 is 27.5 Å². The largest absolute Gasteiger partial charge is 0.451 e. The predicted molar refractivity (Wildman–Crippen MR) is 85.5 cm³/mol. The Morgan fingerprint density at radius 3 is 2.58 bits per heavy atom. The van der Waals surface area contributed by atoms with Crippen molar-refractivity contribution in [3.8, 4) is 0 Å². The number of nitrogens with one attached hydrogen (secondary N) is 1. The molecule has 2 rings (SSSR count). The molecule has 9 heteroatoms. The molecule has 1 aliphatic heterocycles. The van der Waals surface area contributed by atoms with Gasteiger partial charge in [0.2, 0.25) is 0 Å². The van der Waals surface area contributed by atoms with Gasteiger partial charge in [-0.05, 0) is 26.3 Å². The van der Waals surface area contributed by atoms with Crippen LogP contribution >= 0.6 is 0 Å². The zero-order chi connectivity index (χ0) is 17.9. The summed E-state index contributed by atoms with van der Waals surface area (Å²) in [5, 5.41) is 0. The molecular formula is C15H20N2O6S. The molecule has 1 aromatic rings. The van der Waals surface area contributed by atoms with Gasteiger partial charge in [0, 0.05) is 24.3 Å². The molecule has 1 saturated heterocycles. The fourth-order valence-corrected chi connectivity index (χ4v) is 4.39. The highest BCUT2D eigenvalue weighted by Gasteiger charge is 2.34. The molecule has 0 aromatic carbocycles. The van der Waals surface area contributed by atoms with Crippen molar-refractivity contribution in [2.45, 2.75) is 26.3 Å². The third kappa shape index (κ3) is 4.22. The first-order valence-electron chi connectivity index (χ1n) is 7.60. The maximum absolute atomic E-state index is 12.2. The SMILES string of the molecule is CCN(C(=O)COC(=O)c1cc(C(C)=O)c[nH]1)[C@@H]1CCS(=O)(=O)C1. The highest BCUT2D eigenvalue weighted by molar-refractivity contribution is 7.91. The van der Waals surface area contributed by atoms with Crippen LogP contribution in [0.3, 0.4) is 0 Å². The van der Waals surface area contributed by atoms with E-state index in [4.69, 9.17) is 4.74 Å². The fraction of sp³-hybridized carbons (Fsp3) is 0.533. The Balaban J connectivity index is 1.93. The Morgan fingerprint density at radius 2 is 2.08 bits per heavy atom. The number of aromatic amines is 1. The van der Waals surface area contributed by atoms with Crippen molar-refractivity contribution < 1.29 is 27.5 Å². The lowest BCUT2D eigenvalue weighted by atomic mass is 10.2. The van der Waals surface area contributed by atoms with Crippen molar-refractivity contribution in [3.63, 3.8) is 0 Å². The summed E-state index contributed by atoms with van der Waals surface area (Å²) in [6, 6.07) is 0.983. The normalized spacial score (nSPS) is 19.0. The van der Waals surface area contributed by atoms with Crippen molar-refractivity contribution in [2.75, 3.05) is 24.7 Å². The van der Waals surface area contributed by atoms with Crippen LogP contribution in [0.1, 0.15) is 41.1 Å². The third-order valence-electron chi connectivity index (χ3n) is 3.95. The molecule has 1 N–H and O–H groups in total. The number of hydrogen-bond acceptors (Lipinski definition) is 6. The van der Waals surface area contributed by atoms with Gasteiger partial charge < -0.3 is 14.6 Å². The number of ketones is 1. The summed E-state index contributed by atoms with van der Waals surface area (Å²) < 4.78 is 28.0. The van der Waals surface area contributed by atoms with E-state index in [1.165, 1.54) is 24.1 Å². The standard InChI is InChI=1S/C15H20N2O6S/c1-3-17(12-4-5-24(21,22)9-12)14(19)8-23-15(20)13-6-11(7-16-13)10(2)18/h6-7,12,16H,3-5,8-9H2,1-2H3/t12-/m1/s1. The molecule has 1 amide bonds. The maximum atomic E-state index is 12.2. The Labute approximate surface area is 140 Å². The Morgan fingerprint density at radius 1 is 1.38 bits per heavy atom. The predicted octanol–water partition coefficient (Wildman–Crippen LogP) is 0.410. The average Bonchev–Trinajstić information content (AvgIpc) is 3.12. The number of rotatable bonds is 6. The minimum absolute atomic E-state index is 0.0564. The first-order chi connectivity index (χ1) is 11.2. The van der Waals surface area contributed by atoms with Crippen LogP contribution in [0.25, 0.3) is 0 Å². The number of esters is 1. The molecule has 1 aromatic heterocycles. The number of hydrogen-bond donors (Lipinski definition) is 1. The first-order valence-corrected chi connectivity index (χ1v) is 9.42. The van der Waals surface area contributed by atoms with Crippen LogP contribution in [0.15, 0.2) is 12.3 Å². The number of sulfone groups is 1. The Hall–Kier alpha value is -2.16. The molecule has 0 aliphatic carbocycles. The minimum atomic E-state index is -3.10. The number of carbonyl (C=O) groups is 3. The molecule has 1 fully saturated rings. The van der Waals surface area contributed by atoms with E-state index in [9.17, 15) is 22.8 Å². The molecule has 24 heavy (non-hydrogen) atoms. The van der Waals surface area contributed by atoms with Gasteiger partial charge in [0.1, 0.15) is 5.69 Å². The highest BCUT2D eigenvalue weighted by atomic mass is 32.2. The Bertz CT molecular complexity index is 752. The topological polar surface area (TPSA) is 114 Å². The molecule has 0 saturated carbocycles. The van der Waals surface area contributed by atoms with E-state index in [1.807, 2.05) is 0 Å². The van der Waals surface area contributed by atoms with Crippen molar-refractivity contribution in [3.05, 3.63) is 23.5 Å². The summed E-state index contributed by atoms with van der Waals surface area (Å²) in [5.41, 5.74) is 0.430. The summed E-state index contributed by atoms with van der Waals surface area (Å²) in [6.45, 7) is 2.98. The third-order valence-corrected chi connectivity index (χ3v) is 5.70. The number of Topliss-reactive ketones (excluding diaryl/α,β-unsaturated/α-hetero) is 1. The molecule has 0 radical (unpaired) electrons. The highest BCUT2D eigenvalue weighted by Crippen LogP contribution is 2.18. The number of ether oxygens (including phenoxy) is 1. The number of H-pyrrole nitrogens is 1. The summed E-state index contributed by atoms with van der Waals surface area (Å²) in [6.07, 6.45) is 1.79. The van der Waals surface area contributed by atoms with Crippen LogP contribution in [0.5, 0.6) is 0 Å². The average molecular weight is 356 g/mol. The quantitative estimate of drug-likeness (QED) is 0.583. The molecule has 1 aliphatic rings. The molecule has 2 heterocycles. The second-order valence-corrected chi connectivity index (χ2v) is 7.90. The van der Waals surface area contributed by atoms with Gasteiger partial charge in [-0.25, -0.2) is 13.2 Å². The van der Waals surface area contributed by atoms with E-state index in [1.54, 1.807) is 6.92 Å². The van der Waals surface area contributed by atoms with Crippen molar-refractivity contribution in [1.82, 2.24) is 9.88 Å². The van der Waals surface area contributed by atoms with E-state index >= 15 is 0 Å². The lowest BCUT2D eigenvalue weighted by Crippen LogP contribution is -2.43. The summed E-state index contributed by atoms with van der Waals surface area (Å²) in [7, 11) is -3.10. The number of aromatic nitrogens is 1. The smallest absolute Gasteiger partial charge is 0.355 e. The molecular weight excluding hydrogens is 336 g/mol. The number of nitrogens with zero attached hydrogens (tertiary/aromatic N) is 1. The van der Waals surface area contributed by atoms with Crippen LogP contribution in [0, 0.1) is 0 Å². The van der Waals surface area contributed by atoms with Crippen LogP contribution in [-0.4, -0.2) is 66.7 Å². The van der Waals surface area contributed by atoms with Gasteiger partial charge in [-0.15, -0.1) is 0 Å². The molecule has 0 bridgehead atoms. The van der Waals surface area contributed by atoms with Gasteiger partial charge in [-0.2, -0.15) is 0 Å². The van der Waals surface area contributed by atoms with Crippen LogP contribution in [-0.2, 0) is 19.4 Å². The van der Waals surface area contributed by atoms with E-state index < -0.39 is 28.3 Å². The lowest BCUT2D eigenvalue weighted by Gasteiger charge is -2.26. The zero-order valence-corrected chi connectivity index (χ0v) is 14.4. The molecule has 1 atom stereocenters. The Kier molecular flexibility index (Phi) is 5.43. The molecule has 0 unspecified atom stereocenters. The molecule has 0 spiro atoms. The molecule has 132 valence electrons. The van der Waals surface area contributed by atoms with E-state index in [2.05, 4.69) is 4.98 Å². The molecule has 8 nitrogen and oxygen atoms in total. The number of amides is 1. The fourth-order valence-electron chi connectivity index (χ4n) is 2.66. The van der Waals surface area contributed by atoms with Gasteiger partial charge in [0.25, 0.3) is 5.91 Å². The summed E-state index contributed by atoms with van der Waals surface area (Å²) in [5.74, 6) is -1.37. The number of carbonyl (C=O) groups excluding carboxylic acids is 3. The minimum Gasteiger partial charge on any atom is -0.451 e. The van der Waals surface area contributed by atoms with Crippen molar-refractivity contribution in [2.24, 2.45) is 0 Å². The van der Waals surface area contributed by atoms with Gasteiger partial charge in [0.15, 0.2) is 22.2 Å². The maximum Gasteiger partial charge on any atom is 0.355 e. The van der Waals surface area contributed by atoms with E-state index in [-0.39, 0.29) is 29.0 Å². The zero-order valence-electron chi connectivity index (χ0n) is 13.6. The van der Waals surface area contributed by atoms with E-state index in [0.29, 0.717) is 18.5 Å². The first kappa shape index (κ1) is 18.2. The van der Waals surface area contributed by atoms with Crippen molar-refractivity contribution in [1.29, 1.82) is 0 Å². The van der Waals surface area contributed by atoms with Gasteiger partial charge >= 0.3 is 5.97 Å². The second kappa shape index (κ2) is 7.16. The van der Waals surface area contributed by atoms with Gasteiger partial charge in [-0.1, -0.05) is 0 Å². The monoisotopic (exact) mass is 356 g/mol. The summed E-state index contributed by atoms with van der Waals surface area (Å²) in [4.78, 5) is 39.3. The van der Waals surface area contributed by atoms with Crippen LogP contribution in [0.2, 0.25) is 0 Å². The number of likely N-dealkylation sites (N-methyl/N-ethyl adjacent to an activating group) is 1.